The molecule has 2 aromatic rings. The summed E-state index contributed by atoms with van der Waals surface area (Å²) in [6.45, 7) is 0. The van der Waals surface area contributed by atoms with Crippen LogP contribution in [0.3, 0.4) is 0 Å². The summed E-state index contributed by atoms with van der Waals surface area (Å²) in [5.41, 5.74) is 1.90. The van der Waals surface area contributed by atoms with E-state index < -0.39 is 6.04 Å². The molecule has 0 radical (unpaired) electrons. The summed E-state index contributed by atoms with van der Waals surface area (Å²) in [5, 5.41) is 1.07. The highest BCUT2D eigenvalue weighted by Gasteiger charge is 2.00. The van der Waals surface area contributed by atoms with E-state index in [9.17, 15) is 9.18 Å². The van der Waals surface area contributed by atoms with E-state index >= 15 is 0 Å². The van der Waals surface area contributed by atoms with E-state index in [2.05, 4.69) is 22.1 Å². The Morgan fingerprint density at radius 3 is 2.57 bits per heavy atom. The minimum Gasteiger partial charge on any atom is -0.261 e. The van der Waals surface area contributed by atoms with Gasteiger partial charge in [0.15, 0.2) is 5.65 Å². The molecule has 2 rings (SSSR count). The van der Waals surface area contributed by atoms with Crippen molar-refractivity contribution in [3.63, 3.8) is 0 Å². The van der Waals surface area contributed by atoms with Crippen LogP contribution in [0.2, 0.25) is 0 Å². The zero-order valence-electron chi connectivity index (χ0n) is 12.2. The predicted molar refractivity (Wildman–Crippen MR) is 81.7 cm³/mol. The molecule has 0 aliphatic rings. The Hall–Kier alpha value is -1.84. The standard InChI is InChI=1S/C17H21FN2O/c18-16(21)10-6-4-2-1-3-5-9-15-12-11-14-8-7-13-19-17(14)20-15/h7-8,11-13H,1-6,9-10H2. The third-order valence-corrected chi connectivity index (χ3v) is 3.58. The summed E-state index contributed by atoms with van der Waals surface area (Å²) in [6, 6.07) is 6.88. The van der Waals surface area contributed by atoms with Gasteiger partial charge in [-0.05, 0) is 43.5 Å². The molecule has 4 heteroatoms. The maximum atomic E-state index is 12.0. The Morgan fingerprint density at radius 2 is 1.76 bits per heavy atom. The van der Waals surface area contributed by atoms with E-state index in [1.807, 2.05) is 12.1 Å². The van der Waals surface area contributed by atoms with Crippen molar-refractivity contribution in [1.82, 2.24) is 9.97 Å². The van der Waals surface area contributed by atoms with Gasteiger partial charge in [0, 0.05) is 23.7 Å². The Balaban J connectivity index is 1.62. The molecule has 112 valence electrons. The number of fused-ring (bicyclic) bond motifs is 1. The topological polar surface area (TPSA) is 42.9 Å². The Kier molecular flexibility index (Phi) is 6.25. The van der Waals surface area contributed by atoms with E-state index in [-0.39, 0.29) is 6.42 Å². The molecule has 21 heavy (non-hydrogen) atoms. The van der Waals surface area contributed by atoms with Crippen LogP contribution in [0, 0.1) is 0 Å². The molecule has 0 aromatic carbocycles. The highest BCUT2D eigenvalue weighted by atomic mass is 19.1. The van der Waals surface area contributed by atoms with E-state index in [0.29, 0.717) is 6.42 Å². The second-order valence-corrected chi connectivity index (χ2v) is 5.33. The van der Waals surface area contributed by atoms with Crippen LogP contribution in [-0.4, -0.2) is 16.0 Å². The molecule has 0 saturated heterocycles. The first kappa shape index (κ1) is 15.5. The average molecular weight is 288 g/mol. The third kappa shape index (κ3) is 5.58. The third-order valence-electron chi connectivity index (χ3n) is 3.58. The predicted octanol–water partition coefficient (Wildman–Crippen LogP) is 4.40. The fourth-order valence-electron chi connectivity index (χ4n) is 2.41. The Labute approximate surface area is 124 Å². The summed E-state index contributed by atoms with van der Waals surface area (Å²) >= 11 is 0. The first-order valence-electron chi connectivity index (χ1n) is 7.65. The number of hydrogen-bond acceptors (Lipinski definition) is 3. The largest absolute Gasteiger partial charge is 0.301 e. The zero-order valence-corrected chi connectivity index (χ0v) is 12.2. The fourth-order valence-corrected chi connectivity index (χ4v) is 2.41. The number of carbonyl (C=O) groups is 1. The molecular formula is C17H21FN2O. The van der Waals surface area contributed by atoms with Crippen molar-refractivity contribution < 1.29 is 9.18 Å². The van der Waals surface area contributed by atoms with Crippen molar-refractivity contribution in [2.45, 2.75) is 51.4 Å². The van der Waals surface area contributed by atoms with Gasteiger partial charge >= 0.3 is 6.04 Å². The van der Waals surface area contributed by atoms with Crippen LogP contribution < -0.4 is 0 Å². The second kappa shape index (κ2) is 8.45. The van der Waals surface area contributed by atoms with Crippen molar-refractivity contribution in [2.75, 3.05) is 0 Å². The molecule has 0 atom stereocenters. The number of nitrogens with zero attached hydrogens (tertiary/aromatic N) is 2. The summed E-state index contributed by atoms with van der Waals surface area (Å²) in [6.07, 6.45) is 8.87. The quantitative estimate of drug-likeness (QED) is 0.507. The highest BCUT2D eigenvalue weighted by Crippen LogP contribution is 2.13. The van der Waals surface area contributed by atoms with Gasteiger partial charge in [0.1, 0.15) is 0 Å². The lowest BCUT2D eigenvalue weighted by molar-refractivity contribution is -0.129. The molecule has 0 aliphatic heterocycles. The minimum absolute atomic E-state index is 0.0774. The number of aromatic nitrogens is 2. The smallest absolute Gasteiger partial charge is 0.261 e. The van der Waals surface area contributed by atoms with Crippen LogP contribution in [0.15, 0.2) is 30.5 Å². The van der Waals surface area contributed by atoms with Gasteiger partial charge in [0.2, 0.25) is 0 Å². The van der Waals surface area contributed by atoms with Crippen molar-refractivity contribution in [2.24, 2.45) is 0 Å². The van der Waals surface area contributed by atoms with Crippen LogP contribution in [0.4, 0.5) is 4.39 Å². The monoisotopic (exact) mass is 288 g/mol. The highest BCUT2D eigenvalue weighted by molar-refractivity contribution is 5.74. The van der Waals surface area contributed by atoms with Gasteiger partial charge in [0.25, 0.3) is 0 Å². The van der Waals surface area contributed by atoms with Crippen LogP contribution in [0.25, 0.3) is 11.0 Å². The van der Waals surface area contributed by atoms with Crippen molar-refractivity contribution >= 4 is 17.1 Å². The van der Waals surface area contributed by atoms with Gasteiger partial charge in [0.05, 0.1) is 0 Å². The lowest BCUT2D eigenvalue weighted by Crippen LogP contribution is -1.93. The molecule has 0 saturated carbocycles. The molecule has 0 N–H and O–H groups in total. The molecule has 2 aromatic heterocycles. The number of carbonyl (C=O) groups excluding carboxylic acids is 1. The molecule has 0 spiro atoms. The van der Waals surface area contributed by atoms with Gasteiger partial charge in [-0.2, -0.15) is 4.39 Å². The van der Waals surface area contributed by atoms with Crippen LogP contribution in [-0.2, 0) is 11.2 Å². The van der Waals surface area contributed by atoms with Gasteiger partial charge in [-0.1, -0.05) is 25.7 Å². The molecule has 0 bridgehead atoms. The van der Waals surface area contributed by atoms with Crippen LogP contribution in [0.1, 0.15) is 50.6 Å². The number of aryl methyl sites for hydroxylation is 1. The Bertz CT molecular complexity index is 586. The second-order valence-electron chi connectivity index (χ2n) is 5.33. The van der Waals surface area contributed by atoms with Crippen molar-refractivity contribution in [3.8, 4) is 0 Å². The summed E-state index contributed by atoms with van der Waals surface area (Å²) < 4.78 is 12.0. The number of rotatable bonds is 9. The molecule has 0 unspecified atom stereocenters. The molecule has 2 heterocycles. The lowest BCUT2D eigenvalue weighted by Gasteiger charge is -2.03. The number of pyridine rings is 2. The van der Waals surface area contributed by atoms with E-state index in [4.69, 9.17) is 0 Å². The first-order chi connectivity index (χ1) is 10.3. The lowest BCUT2D eigenvalue weighted by atomic mass is 10.1. The number of halogens is 1. The van der Waals surface area contributed by atoms with Crippen molar-refractivity contribution in [1.29, 1.82) is 0 Å². The van der Waals surface area contributed by atoms with Crippen molar-refractivity contribution in [3.05, 3.63) is 36.2 Å². The maximum Gasteiger partial charge on any atom is 0.301 e. The van der Waals surface area contributed by atoms with Gasteiger partial charge in [-0.25, -0.2) is 9.97 Å². The molecule has 0 amide bonds. The number of unbranched alkanes of at least 4 members (excludes halogenated alkanes) is 5. The van der Waals surface area contributed by atoms with E-state index in [1.165, 1.54) is 0 Å². The zero-order chi connectivity index (χ0) is 14.9. The SMILES string of the molecule is O=C(F)CCCCCCCCc1ccc2cccnc2n1. The molecule has 3 nitrogen and oxygen atoms in total. The van der Waals surface area contributed by atoms with E-state index in [0.717, 1.165) is 55.3 Å². The normalized spacial score (nSPS) is 10.9. The van der Waals surface area contributed by atoms with Crippen LogP contribution in [0.5, 0.6) is 0 Å². The van der Waals surface area contributed by atoms with E-state index in [1.54, 1.807) is 6.20 Å². The van der Waals surface area contributed by atoms with Gasteiger partial charge in [-0.15, -0.1) is 0 Å². The number of hydrogen-bond donors (Lipinski definition) is 0. The first-order valence-corrected chi connectivity index (χ1v) is 7.65. The summed E-state index contributed by atoms with van der Waals surface area (Å²) in [5.74, 6) is 0. The van der Waals surface area contributed by atoms with Crippen LogP contribution >= 0.6 is 0 Å². The maximum absolute atomic E-state index is 12.0. The van der Waals surface area contributed by atoms with Gasteiger partial charge < -0.3 is 0 Å². The fraction of sp³-hybridized carbons (Fsp3) is 0.471. The Morgan fingerprint density at radius 1 is 1.00 bits per heavy atom. The van der Waals surface area contributed by atoms with Gasteiger partial charge in [-0.3, -0.25) is 4.79 Å². The average Bonchev–Trinajstić information content (AvgIpc) is 2.49. The minimum atomic E-state index is -1.19. The summed E-state index contributed by atoms with van der Waals surface area (Å²) in [4.78, 5) is 19.0. The summed E-state index contributed by atoms with van der Waals surface area (Å²) in [7, 11) is 0. The molecular weight excluding hydrogens is 267 g/mol. The molecule has 0 aliphatic carbocycles. The molecule has 0 fully saturated rings.